The second kappa shape index (κ2) is 8.77. The van der Waals surface area contributed by atoms with Gasteiger partial charge in [0.1, 0.15) is 24.3 Å². The van der Waals surface area contributed by atoms with Gasteiger partial charge in [0.15, 0.2) is 0 Å². The van der Waals surface area contributed by atoms with Crippen LogP contribution in [0.1, 0.15) is 9.67 Å². The number of carbonyl (C=O) groups excluding carboxylic acids is 3. The quantitative estimate of drug-likeness (QED) is 0.724. The predicted octanol–water partition coefficient (Wildman–Crippen LogP) is 2.80. The highest BCUT2D eigenvalue weighted by Crippen LogP contribution is 2.31. The smallest absolute Gasteiger partial charge is 0.414 e. The maximum absolute atomic E-state index is 14.7. The molecule has 12 heteroatoms. The van der Waals surface area contributed by atoms with Crippen LogP contribution in [0.15, 0.2) is 24.3 Å². The van der Waals surface area contributed by atoms with Crippen molar-refractivity contribution in [2.75, 3.05) is 42.6 Å². The van der Waals surface area contributed by atoms with Gasteiger partial charge in [-0.3, -0.25) is 14.5 Å². The molecule has 0 spiro atoms. The molecule has 8 nitrogen and oxygen atoms in total. The topological polar surface area (TPSA) is 88.2 Å². The van der Waals surface area contributed by atoms with Crippen molar-refractivity contribution in [2.24, 2.45) is 0 Å². The summed E-state index contributed by atoms with van der Waals surface area (Å²) in [6, 6.07) is 4.87. The Hall–Kier alpha value is -2.76. The molecule has 0 saturated carbocycles. The largest absolute Gasteiger partial charge is 0.442 e. The van der Waals surface area contributed by atoms with Crippen LogP contribution < -0.4 is 15.1 Å². The van der Waals surface area contributed by atoms with Crippen molar-refractivity contribution in [3.63, 3.8) is 0 Å². The number of benzene rings is 1. The number of cyclic esters (lactones) is 1. The van der Waals surface area contributed by atoms with Gasteiger partial charge in [0.05, 0.1) is 40.3 Å². The third-order valence-corrected chi connectivity index (χ3v) is 5.97. The maximum Gasteiger partial charge on any atom is 0.414 e. The molecule has 2 aromatic rings. The van der Waals surface area contributed by atoms with E-state index < -0.39 is 29.7 Å². The average molecular weight is 472 g/mol. The first-order valence-electron chi connectivity index (χ1n) is 9.22. The zero-order valence-corrected chi connectivity index (χ0v) is 17.5. The van der Waals surface area contributed by atoms with Crippen molar-refractivity contribution in [1.82, 2.24) is 5.32 Å². The van der Waals surface area contributed by atoms with E-state index in [2.05, 4.69) is 5.32 Å². The monoisotopic (exact) mass is 471 g/mol. The van der Waals surface area contributed by atoms with Gasteiger partial charge in [0.2, 0.25) is 0 Å². The number of ether oxygens (including phenoxy) is 2. The summed E-state index contributed by atoms with van der Waals surface area (Å²) < 4.78 is 40.0. The molecule has 2 fully saturated rings. The lowest BCUT2D eigenvalue weighted by Crippen LogP contribution is -2.42. The van der Waals surface area contributed by atoms with E-state index in [0.29, 0.717) is 9.21 Å². The molecule has 0 aliphatic carbocycles. The molecule has 2 aliphatic rings. The number of nitrogens with zero attached hydrogens (tertiary/aromatic N) is 2. The van der Waals surface area contributed by atoms with Crippen LogP contribution in [-0.4, -0.2) is 56.9 Å². The van der Waals surface area contributed by atoms with E-state index in [0.717, 1.165) is 33.3 Å². The number of morpholine rings is 1. The molecule has 1 N–H and O–H groups in total. The maximum atomic E-state index is 14.7. The van der Waals surface area contributed by atoms with Gasteiger partial charge < -0.3 is 19.7 Å². The van der Waals surface area contributed by atoms with Gasteiger partial charge in [0, 0.05) is 18.7 Å². The van der Waals surface area contributed by atoms with Crippen LogP contribution in [0.4, 0.5) is 25.0 Å². The molecule has 164 valence electrons. The van der Waals surface area contributed by atoms with Gasteiger partial charge in [-0.15, -0.1) is 11.3 Å². The average Bonchev–Trinajstić information content (AvgIpc) is 3.33. The second-order valence-corrected chi connectivity index (χ2v) is 8.50. The van der Waals surface area contributed by atoms with Gasteiger partial charge >= 0.3 is 6.09 Å². The standard InChI is InChI=1S/C19H16ClF2N3O5S/c20-16-2-1-15(31-16)18(27)23-7-10-8-25(19(28)30-10)14-6-11(21)13(5-12(14)22)24-3-4-29-9-17(24)26/h1-2,5-6,10H,3-4,7-9H2,(H,23,27). The molecule has 2 aliphatic heterocycles. The normalized spacial score (nSPS) is 19.0. The molecule has 1 unspecified atom stereocenters. The van der Waals surface area contributed by atoms with Crippen LogP contribution in [0.25, 0.3) is 0 Å². The number of nitrogens with one attached hydrogen (secondary N) is 1. The van der Waals surface area contributed by atoms with E-state index in [9.17, 15) is 23.2 Å². The van der Waals surface area contributed by atoms with Crippen molar-refractivity contribution in [1.29, 1.82) is 0 Å². The lowest BCUT2D eigenvalue weighted by molar-refractivity contribution is -0.125. The van der Waals surface area contributed by atoms with Crippen LogP contribution >= 0.6 is 22.9 Å². The number of halogens is 3. The Balaban J connectivity index is 1.44. The Bertz CT molecular complexity index is 1050. The van der Waals surface area contributed by atoms with Gasteiger partial charge in [-0.1, -0.05) is 11.6 Å². The van der Waals surface area contributed by atoms with E-state index in [1.165, 1.54) is 0 Å². The van der Waals surface area contributed by atoms with E-state index in [4.69, 9.17) is 21.1 Å². The summed E-state index contributed by atoms with van der Waals surface area (Å²) >= 11 is 6.90. The number of hydrogen-bond acceptors (Lipinski definition) is 6. The fourth-order valence-electron chi connectivity index (χ4n) is 3.27. The molecule has 1 aromatic heterocycles. The van der Waals surface area contributed by atoms with Gasteiger partial charge in [-0.25, -0.2) is 13.6 Å². The van der Waals surface area contributed by atoms with E-state index >= 15 is 0 Å². The molecular weight excluding hydrogens is 456 g/mol. The van der Waals surface area contributed by atoms with Crippen molar-refractivity contribution in [2.45, 2.75) is 6.10 Å². The molecule has 3 heterocycles. The van der Waals surface area contributed by atoms with Gasteiger partial charge in [-0.05, 0) is 12.1 Å². The Morgan fingerprint density at radius 1 is 1.19 bits per heavy atom. The minimum absolute atomic E-state index is 0.0128. The zero-order chi connectivity index (χ0) is 22.1. The number of rotatable bonds is 5. The zero-order valence-electron chi connectivity index (χ0n) is 15.9. The summed E-state index contributed by atoms with van der Waals surface area (Å²) in [6.45, 7) is -0.0144. The van der Waals surface area contributed by atoms with Gasteiger partial charge in [-0.2, -0.15) is 0 Å². The van der Waals surface area contributed by atoms with Crippen LogP contribution in [-0.2, 0) is 14.3 Å². The summed E-state index contributed by atoms with van der Waals surface area (Å²) in [5.74, 6) is -2.61. The molecule has 4 rings (SSSR count). The number of amides is 3. The summed E-state index contributed by atoms with van der Waals surface area (Å²) in [7, 11) is 0. The van der Waals surface area contributed by atoms with Crippen LogP contribution in [0, 0.1) is 11.6 Å². The molecule has 31 heavy (non-hydrogen) atoms. The summed E-state index contributed by atoms with van der Waals surface area (Å²) in [5.41, 5.74) is -0.536. The number of hydrogen-bond donors (Lipinski definition) is 1. The second-order valence-electron chi connectivity index (χ2n) is 6.78. The lowest BCUT2D eigenvalue weighted by Gasteiger charge is -2.27. The fourth-order valence-corrected chi connectivity index (χ4v) is 4.23. The first-order valence-corrected chi connectivity index (χ1v) is 10.4. The lowest BCUT2D eigenvalue weighted by atomic mass is 10.2. The third-order valence-electron chi connectivity index (χ3n) is 4.75. The Morgan fingerprint density at radius 3 is 2.55 bits per heavy atom. The minimum atomic E-state index is -0.884. The Kier molecular flexibility index (Phi) is 6.08. The van der Waals surface area contributed by atoms with Crippen molar-refractivity contribution in [3.8, 4) is 0 Å². The number of anilines is 2. The molecule has 1 aromatic carbocycles. The first-order chi connectivity index (χ1) is 14.8. The molecule has 2 saturated heterocycles. The Labute approximate surface area is 184 Å². The van der Waals surface area contributed by atoms with E-state index in [1.54, 1.807) is 12.1 Å². The van der Waals surface area contributed by atoms with Crippen molar-refractivity contribution >= 4 is 52.2 Å². The third kappa shape index (κ3) is 4.48. The fraction of sp³-hybridized carbons (Fsp3) is 0.316. The molecule has 3 amide bonds. The minimum Gasteiger partial charge on any atom is -0.442 e. The highest BCUT2D eigenvalue weighted by molar-refractivity contribution is 7.18. The number of carbonyl (C=O) groups is 3. The van der Waals surface area contributed by atoms with Crippen molar-refractivity contribution in [3.05, 3.63) is 45.1 Å². The highest BCUT2D eigenvalue weighted by atomic mass is 35.5. The summed E-state index contributed by atoms with van der Waals surface area (Å²) in [4.78, 5) is 38.7. The highest BCUT2D eigenvalue weighted by Gasteiger charge is 2.35. The molecule has 0 bridgehead atoms. The Morgan fingerprint density at radius 2 is 1.90 bits per heavy atom. The van der Waals surface area contributed by atoms with Crippen LogP contribution in [0.3, 0.4) is 0 Å². The van der Waals surface area contributed by atoms with Crippen LogP contribution in [0.5, 0.6) is 0 Å². The van der Waals surface area contributed by atoms with E-state index in [1.807, 2.05) is 0 Å². The molecule has 0 radical (unpaired) electrons. The van der Waals surface area contributed by atoms with Crippen molar-refractivity contribution < 1.29 is 32.6 Å². The SMILES string of the molecule is O=C(NCC1CN(c2cc(F)c(N3CCOCC3=O)cc2F)C(=O)O1)c1ccc(Cl)s1. The van der Waals surface area contributed by atoms with Gasteiger partial charge in [0.25, 0.3) is 11.8 Å². The summed E-state index contributed by atoms with van der Waals surface area (Å²) in [6.07, 6.45) is -1.62. The molecule has 1 atom stereocenters. The summed E-state index contributed by atoms with van der Waals surface area (Å²) in [5, 5.41) is 2.61. The molecular formula is C19H16ClF2N3O5S. The number of thiophene rings is 1. The first kappa shape index (κ1) is 21.5. The predicted molar refractivity (Wildman–Crippen MR) is 109 cm³/mol. The van der Waals surface area contributed by atoms with E-state index in [-0.39, 0.29) is 50.1 Å². The van der Waals surface area contributed by atoms with Crippen LogP contribution in [0.2, 0.25) is 4.34 Å².